The SMILES string of the molecule is CCC[C@H](NC(=O)[C@@H]1C[C@]2(C=C(c3ccc4c(c3)OCO4)NO2)CN1C(=O)[C@@H](NC(=O)O[C@H]1CCOC1)C(C)(C)C)C(=O)C(N)=O. The molecule has 0 bridgehead atoms. The maximum absolute atomic E-state index is 14.3. The van der Waals surface area contributed by atoms with Crippen LogP contribution in [0.2, 0.25) is 0 Å². The van der Waals surface area contributed by atoms with E-state index < -0.39 is 64.8 Å². The van der Waals surface area contributed by atoms with Crippen molar-refractivity contribution < 1.29 is 47.8 Å². The third kappa shape index (κ3) is 7.04. The van der Waals surface area contributed by atoms with Crippen LogP contribution >= 0.6 is 0 Å². The Hall–Kier alpha value is -4.37. The van der Waals surface area contributed by atoms with E-state index in [0.29, 0.717) is 36.6 Å². The van der Waals surface area contributed by atoms with Crippen LogP contribution in [0.25, 0.3) is 5.70 Å². The Morgan fingerprint density at radius 1 is 1.15 bits per heavy atom. The third-order valence-corrected chi connectivity index (χ3v) is 8.38. The second-order valence-corrected chi connectivity index (χ2v) is 13.0. The van der Waals surface area contributed by atoms with Gasteiger partial charge in [0, 0.05) is 18.4 Å². The standard InChI is InChI=1S/C31H41N5O10/c1-5-6-19(24(37)26(32)38)33-27(39)21-13-31(12-20(35-46-31)17-7-8-22-23(11-17)44-16-43-22)15-36(21)28(40)25(30(2,3)4)34-29(41)45-18-9-10-42-14-18/h7-8,11-12,18-19,21,25,35H,5-6,9-10,13-16H2,1-4H3,(H2,32,38)(H,33,39)(H,34,41)/t18-,19-,21-,25+,31+/m0/s1. The zero-order valence-corrected chi connectivity index (χ0v) is 26.4. The van der Waals surface area contributed by atoms with Crippen LogP contribution in [-0.4, -0.2) is 90.9 Å². The quantitative estimate of drug-likeness (QED) is 0.264. The highest BCUT2D eigenvalue weighted by Gasteiger charge is 2.54. The monoisotopic (exact) mass is 643 g/mol. The number of nitrogens with one attached hydrogen (secondary N) is 3. The molecule has 15 nitrogen and oxygen atoms in total. The molecule has 1 spiro atoms. The number of ether oxygens (including phenoxy) is 4. The second-order valence-electron chi connectivity index (χ2n) is 13.0. The minimum absolute atomic E-state index is 0.00988. The normalized spacial score (nSPS) is 24.6. The molecule has 0 saturated carbocycles. The fraction of sp³-hybridized carbons (Fsp3) is 0.581. The molecule has 4 aliphatic rings. The van der Waals surface area contributed by atoms with E-state index in [4.69, 9.17) is 29.5 Å². The molecule has 250 valence electrons. The number of hydrogen-bond donors (Lipinski definition) is 4. The number of fused-ring (bicyclic) bond motifs is 1. The lowest BCUT2D eigenvalue weighted by Gasteiger charge is -2.35. The molecule has 0 aromatic heterocycles. The molecule has 4 heterocycles. The Bertz CT molecular complexity index is 1420. The molecule has 5 rings (SSSR count). The summed E-state index contributed by atoms with van der Waals surface area (Å²) < 4.78 is 21.7. The zero-order chi connectivity index (χ0) is 33.2. The molecule has 4 aliphatic heterocycles. The molecular formula is C31H41N5O10. The molecule has 5 N–H and O–H groups in total. The average molecular weight is 644 g/mol. The van der Waals surface area contributed by atoms with Gasteiger partial charge >= 0.3 is 6.09 Å². The summed E-state index contributed by atoms with van der Waals surface area (Å²) in [5.41, 5.74) is 7.54. The third-order valence-electron chi connectivity index (χ3n) is 8.38. The van der Waals surface area contributed by atoms with Gasteiger partial charge in [-0.15, -0.1) is 0 Å². The molecule has 5 atom stereocenters. The van der Waals surface area contributed by atoms with Crippen LogP contribution in [-0.2, 0) is 33.5 Å². The number of benzene rings is 1. The minimum atomic E-state index is -1.17. The number of nitrogens with zero attached hydrogens (tertiary/aromatic N) is 1. The summed E-state index contributed by atoms with van der Waals surface area (Å²) in [4.78, 5) is 72.7. The van der Waals surface area contributed by atoms with Crippen LogP contribution in [0.15, 0.2) is 24.3 Å². The Balaban J connectivity index is 1.43. The lowest BCUT2D eigenvalue weighted by molar-refractivity contribution is -0.143. The number of rotatable bonds is 10. The maximum atomic E-state index is 14.3. The van der Waals surface area contributed by atoms with Crippen LogP contribution in [0, 0.1) is 5.41 Å². The predicted octanol–water partition coefficient (Wildman–Crippen LogP) is 0.900. The van der Waals surface area contributed by atoms with E-state index in [2.05, 4.69) is 16.1 Å². The van der Waals surface area contributed by atoms with Crippen LogP contribution in [0.1, 0.15) is 58.9 Å². The van der Waals surface area contributed by atoms with E-state index in [0.717, 1.165) is 5.56 Å². The first kappa shape index (κ1) is 33.0. The highest BCUT2D eigenvalue weighted by atomic mass is 16.7. The van der Waals surface area contributed by atoms with E-state index in [1.54, 1.807) is 45.9 Å². The van der Waals surface area contributed by atoms with Crippen molar-refractivity contribution in [2.75, 3.05) is 26.6 Å². The van der Waals surface area contributed by atoms with Gasteiger partial charge in [-0.3, -0.25) is 29.5 Å². The molecule has 2 saturated heterocycles. The van der Waals surface area contributed by atoms with Crippen LogP contribution in [0.3, 0.4) is 0 Å². The predicted molar refractivity (Wildman–Crippen MR) is 161 cm³/mol. The van der Waals surface area contributed by atoms with Crippen molar-refractivity contribution >= 4 is 35.3 Å². The minimum Gasteiger partial charge on any atom is -0.454 e. The van der Waals surface area contributed by atoms with Gasteiger partial charge in [0.15, 0.2) is 11.5 Å². The summed E-state index contributed by atoms with van der Waals surface area (Å²) in [5.74, 6) is -2.14. The number of amides is 4. The largest absolute Gasteiger partial charge is 0.454 e. The van der Waals surface area contributed by atoms with E-state index in [1.165, 1.54) is 4.90 Å². The van der Waals surface area contributed by atoms with Crippen molar-refractivity contribution in [2.24, 2.45) is 11.1 Å². The van der Waals surface area contributed by atoms with Gasteiger partial charge < -0.3 is 40.2 Å². The number of nitrogens with two attached hydrogens (primary N) is 1. The Morgan fingerprint density at radius 2 is 1.91 bits per heavy atom. The molecule has 46 heavy (non-hydrogen) atoms. The number of likely N-dealkylation sites (tertiary alicyclic amines) is 1. The molecule has 4 amide bonds. The first-order valence-corrected chi connectivity index (χ1v) is 15.4. The highest BCUT2D eigenvalue weighted by Crippen LogP contribution is 2.41. The average Bonchev–Trinajstić information content (AvgIpc) is 3.82. The topological polar surface area (TPSA) is 197 Å². The number of hydroxylamine groups is 1. The smallest absolute Gasteiger partial charge is 0.408 e. The molecule has 0 unspecified atom stereocenters. The number of Topliss-reactive ketones (excluding diaryl/α,β-unsaturated/α-hetero) is 1. The fourth-order valence-electron chi connectivity index (χ4n) is 5.95. The number of alkyl carbamates (subject to hydrolysis) is 1. The van der Waals surface area contributed by atoms with Crippen molar-refractivity contribution in [1.82, 2.24) is 21.0 Å². The fourth-order valence-corrected chi connectivity index (χ4v) is 5.95. The first-order chi connectivity index (χ1) is 21.8. The molecule has 0 radical (unpaired) electrons. The summed E-state index contributed by atoms with van der Waals surface area (Å²) in [6.45, 7) is 7.93. The van der Waals surface area contributed by atoms with Crippen molar-refractivity contribution in [2.45, 2.75) is 83.2 Å². The molecule has 0 aliphatic carbocycles. The van der Waals surface area contributed by atoms with Crippen LogP contribution in [0.5, 0.6) is 11.5 Å². The van der Waals surface area contributed by atoms with Gasteiger partial charge in [-0.1, -0.05) is 34.1 Å². The number of ketones is 1. The molecular weight excluding hydrogens is 602 g/mol. The van der Waals surface area contributed by atoms with E-state index in [1.807, 2.05) is 6.07 Å². The second kappa shape index (κ2) is 13.2. The van der Waals surface area contributed by atoms with Crippen LogP contribution < -0.4 is 31.3 Å². The van der Waals surface area contributed by atoms with Gasteiger partial charge in [0.1, 0.15) is 23.8 Å². The number of primary amides is 1. The van der Waals surface area contributed by atoms with Gasteiger partial charge in [0.25, 0.3) is 5.91 Å². The maximum Gasteiger partial charge on any atom is 0.408 e. The summed E-state index contributed by atoms with van der Waals surface area (Å²) in [5, 5.41) is 5.33. The number of hydrogen-bond acceptors (Lipinski definition) is 11. The molecule has 1 aromatic carbocycles. The number of carbonyl (C=O) groups excluding carboxylic acids is 5. The summed E-state index contributed by atoms with van der Waals surface area (Å²) in [6, 6.07) is 1.99. The van der Waals surface area contributed by atoms with E-state index in [9.17, 15) is 24.0 Å². The molecule has 2 fully saturated rings. The van der Waals surface area contributed by atoms with Gasteiger partial charge in [0.2, 0.25) is 24.4 Å². The van der Waals surface area contributed by atoms with E-state index in [-0.39, 0.29) is 32.8 Å². The summed E-state index contributed by atoms with van der Waals surface area (Å²) in [6.07, 6.45) is 1.80. The lowest BCUT2D eigenvalue weighted by Crippen LogP contribution is -2.59. The van der Waals surface area contributed by atoms with Crippen molar-refractivity contribution in [3.63, 3.8) is 0 Å². The van der Waals surface area contributed by atoms with Crippen molar-refractivity contribution in [1.29, 1.82) is 0 Å². The van der Waals surface area contributed by atoms with Gasteiger partial charge in [-0.05, 0) is 36.1 Å². The lowest BCUT2D eigenvalue weighted by atomic mass is 9.85. The molecule has 15 heteroatoms. The van der Waals surface area contributed by atoms with Crippen LogP contribution in [0.4, 0.5) is 4.79 Å². The zero-order valence-electron chi connectivity index (χ0n) is 26.4. The summed E-state index contributed by atoms with van der Waals surface area (Å²) >= 11 is 0. The van der Waals surface area contributed by atoms with Crippen molar-refractivity contribution in [3.8, 4) is 11.5 Å². The Labute approximate surface area is 266 Å². The Kier molecular flexibility index (Phi) is 9.44. The molecule has 1 aromatic rings. The number of carbonyl (C=O) groups is 5. The van der Waals surface area contributed by atoms with Gasteiger partial charge in [-0.25, -0.2) is 4.79 Å². The first-order valence-electron chi connectivity index (χ1n) is 15.4. The van der Waals surface area contributed by atoms with E-state index >= 15 is 0 Å². The summed E-state index contributed by atoms with van der Waals surface area (Å²) in [7, 11) is 0. The van der Waals surface area contributed by atoms with Gasteiger partial charge in [-0.2, -0.15) is 0 Å². The van der Waals surface area contributed by atoms with Crippen molar-refractivity contribution in [3.05, 3.63) is 29.8 Å². The highest BCUT2D eigenvalue weighted by molar-refractivity contribution is 6.37. The van der Waals surface area contributed by atoms with Gasteiger partial charge in [0.05, 0.1) is 31.5 Å². The Morgan fingerprint density at radius 3 is 2.59 bits per heavy atom.